The second-order valence-electron chi connectivity index (χ2n) is 8.25. The molecule has 31 heavy (non-hydrogen) atoms. The Bertz CT molecular complexity index is 997. The van der Waals surface area contributed by atoms with Crippen molar-refractivity contribution in [3.8, 4) is 5.82 Å². The van der Waals surface area contributed by atoms with Gasteiger partial charge in [-0.1, -0.05) is 6.07 Å². The first-order chi connectivity index (χ1) is 15.0. The van der Waals surface area contributed by atoms with Gasteiger partial charge in [-0.05, 0) is 48.8 Å². The van der Waals surface area contributed by atoms with Gasteiger partial charge in [-0.15, -0.1) is 5.10 Å². The number of aromatic nitrogens is 5. The topological polar surface area (TPSA) is 127 Å². The van der Waals surface area contributed by atoms with Crippen molar-refractivity contribution in [1.82, 2.24) is 35.0 Å². The number of aliphatic hydroxyl groups is 1. The molecule has 0 bridgehead atoms. The Balaban J connectivity index is 1.17. The van der Waals surface area contributed by atoms with E-state index in [2.05, 4.69) is 25.4 Å². The number of nitrogens with zero attached hydrogens (tertiary/aromatic N) is 7. The second kappa shape index (κ2) is 7.82. The van der Waals surface area contributed by atoms with Gasteiger partial charge in [0, 0.05) is 30.9 Å². The van der Waals surface area contributed by atoms with Crippen molar-refractivity contribution in [3.05, 3.63) is 42.0 Å². The predicted molar refractivity (Wildman–Crippen MR) is 105 cm³/mol. The molecule has 5 heterocycles. The highest BCUT2D eigenvalue weighted by Crippen LogP contribution is 2.43. The minimum absolute atomic E-state index is 0.0969. The van der Waals surface area contributed by atoms with Gasteiger partial charge in [0.25, 0.3) is 0 Å². The second-order valence-corrected chi connectivity index (χ2v) is 8.25. The smallest absolute Gasteiger partial charge is 0.333 e. The number of amides is 1. The lowest BCUT2D eigenvalue weighted by Crippen LogP contribution is -2.45. The van der Waals surface area contributed by atoms with Crippen LogP contribution in [0.5, 0.6) is 0 Å². The molecule has 11 nitrogen and oxygen atoms in total. The number of rotatable bonds is 5. The van der Waals surface area contributed by atoms with Crippen molar-refractivity contribution in [2.45, 2.75) is 25.4 Å². The summed E-state index contributed by atoms with van der Waals surface area (Å²) in [6.07, 6.45) is 6.11. The molecule has 1 spiro atoms. The van der Waals surface area contributed by atoms with Crippen LogP contribution in [0.25, 0.3) is 5.82 Å². The number of pyridine rings is 1. The molecule has 0 aliphatic carbocycles. The van der Waals surface area contributed by atoms with E-state index < -0.39 is 6.10 Å². The van der Waals surface area contributed by atoms with E-state index >= 15 is 0 Å². The average molecular weight is 425 g/mol. The quantitative estimate of drug-likeness (QED) is 0.651. The molecule has 0 unspecified atom stereocenters. The SMILES string of the molecule is O=C1C=C(N2CCC3(CCN(C[C@@H](O)c4ccc(-n5cnnn5)nc4)CC3)C2=O)CO1. The number of esters is 1. The van der Waals surface area contributed by atoms with Gasteiger partial charge in [-0.25, -0.2) is 9.78 Å². The first kappa shape index (κ1) is 19.8. The lowest BCUT2D eigenvalue weighted by Gasteiger charge is -2.38. The van der Waals surface area contributed by atoms with E-state index in [1.54, 1.807) is 17.2 Å². The Morgan fingerprint density at radius 2 is 1.97 bits per heavy atom. The van der Waals surface area contributed by atoms with Crippen molar-refractivity contribution >= 4 is 11.9 Å². The van der Waals surface area contributed by atoms with Crippen LogP contribution in [0.15, 0.2) is 36.4 Å². The molecule has 2 fully saturated rings. The minimum Gasteiger partial charge on any atom is -0.456 e. The Morgan fingerprint density at radius 3 is 2.61 bits per heavy atom. The van der Waals surface area contributed by atoms with Crippen molar-refractivity contribution in [2.75, 3.05) is 32.8 Å². The van der Waals surface area contributed by atoms with Gasteiger partial charge in [-0.2, -0.15) is 4.68 Å². The zero-order valence-corrected chi connectivity index (χ0v) is 16.9. The van der Waals surface area contributed by atoms with Crippen LogP contribution < -0.4 is 0 Å². The first-order valence-electron chi connectivity index (χ1n) is 10.3. The third kappa shape index (κ3) is 3.70. The van der Waals surface area contributed by atoms with E-state index in [1.807, 2.05) is 6.07 Å². The molecule has 1 N–H and O–H groups in total. The maximum absolute atomic E-state index is 13.1. The minimum atomic E-state index is -0.674. The summed E-state index contributed by atoms with van der Waals surface area (Å²) in [5.74, 6) is 0.294. The molecule has 2 saturated heterocycles. The van der Waals surface area contributed by atoms with Crippen LogP contribution in [0.2, 0.25) is 0 Å². The zero-order chi connectivity index (χ0) is 21.4. The van der Waals surface area contributed by atoms with Gasteiger partial charge in [0.2, 0.25) is 5.91 Å². The molecule has 3 aliphatic heterocycles. The van der Waals surface area contributed by atoms with Crippen LogP contribution >= 0.6 is 0 Å². The summed E-state index contributed by atoms with van der Waals surface area (Å²) in [6.45, 7) is 2.76. The number of tetrazole rings is 1. The number of cyclic esters (lactones) is 1. The first-order valence-corrected chi connectivity index (χ1v) is 10.3. The molecule has 0 radical (unpaired) electrons. The molecule has 2 aromatic heterocycles. The monoisotopic (exact) mass is 425 g/mol. The molecular formula is C20H23N7O4. The fourth-order valence-corrected chi connectivity index (χ4v) is 4.59. The largest absolute Gasteiger partial charge is 0.456 e. The number of piperidine rings is 1. The Hall–Kier alpha value is -3.18. The van der Waals surface area contributed by atoms with Crippen molar-refractivity contribution < 1.29 is 19.4 Å². The summed E-state index contributed by atoms with van der Waals surface area (Å²) >= 11 is 0. The summed E-state index contributed by atoms with van der Waals surface area (Å²) in [5.41, 5.74) is 1.02. The summed E-state index contributed by atoms with van der Waals surface area (Å²) in [7, 11) is 0. The molecule has 0 aromatic carbocycles. The van der Waals surface area contributed by atoms with E-state index in [0.717, 1.165) is 37.9 Å². The Morgan fingerprint density at radius 1 is 1.16 bits per heavy atom. The molecule has 5 rings (SSSR count). The fourth-order valence-electron chi connectivity index (χ4n) is 4.59. The number of carbonyl (C=O) groups excluding carboxylic acids is 2. The third-order valence-corrected chi connectivity index (χ3v) is 6.49. The maximum Gasteiger partial charge on any atom is 0.333 e. The van der Waals surface area contributed by atoms with Crippen LogP contribution in [-0.2, 0) is 14.3 Å². The third-order valence-electron chi connectivity index (χ3n) is 6.49. The summed E-state index contributed by atoms with van der Waals surface area (Å²) in [4.78, 5) is 32.6. The Kier molecular flexibility index (Phi) is 4.98. The van der Waals surface area contributed by atoms with Gasteiger partial charge >= 0.3 is 5.97 Å². The molecule has 1 atom stereocenters. The van der Waals surface area contributed by atoms with Crippen molar-refractivity contribution in [2.24, 2.45) is 5.41 Å². The Labute approximate surface area is 178 Å². The van der Waals surface area contributed by atoms with Crippen LogP contribution in [0.4, 0.5) is 0 Å². The highest BCUT2D eigenvalue weighted by molar-refractivity contribution is 5.90. The predicted octanol–water partition coefficient (Wildman–Crippen LogP) is -0.154. The summed E-state index contributed by atoms with van der Waals surface area (Å²) in [5, 5.41) is 21.6. The van der Waals surface area contributed by atoms with E-state index in [0.29, 0.717) is 24.6 Å². The van der Waals surface area contributed by atoms with Crippen molar-refractivity contribution in [1.29, 1.82) is 0 Å². The number of carbonyl (C=O) groups is 2. The summed E-state index contributed by atoms with van der Waals surface area (Å²) < 4.78 is 6.41. The summed E-state index contributed by atoms with van der Waals surface area (Å²) in [6, 6.07) is 3.58. The normalized spacial score (nSPS) is 22.1. The molecular weight excluding hydrogens is 402 g/mol. The van der Waals surface area contributed by atoms with E-state index in [9.17, 15) is 14.7 Å². The van der Waals surface area contributed by atoms with Gasteiger partial charge in [-0.3, -0.25) is 4.79 Å². The average Bonchev–Trinajstić information content (AvgIpc) is 3.53. The molecule has 2 aromatic rings. The number of aliphatic hydroxyl groups excluding tert-OH is 1. The van der Waals surface area contributed by atoms with Gasteiger partial charge in [0.05, 0.1) is 17.2 Å². The molecule has 11 heteroatoms. The highest BCUT2D eigenvalue weighted by atomic mass is 16.5. The van der Waals surface area contributed by atoms with E-state index in [-0.39, 0.29) is 23.9 Å². The zero-order valence-electron chi connectivity index (χ0n) is 16.9. The lowest BCUT2D eigenvalue weighted by molar-refractivity contribution is -0.138. The number of β-amino-alcohol motifs (C(OH)–C–C–N with tert-alkyl or cyclic N) is 1. The lowest BCUT2D eigenvalue weighted by atomic mass is 9.77. The van der Waals surface area contributed by atoms with Crippen molar-refractivity contribution in [3.63, 3.8) is 0 Å². The van der Waals surface area contributed by atoms with Gasteiger partial charge in [0.1, 0.15) is 12.9 Å². The maximum atomic E-state index is 13.1. The number of likely N-dealkylation sites (tertiary alicyclic amines) is 2. The van der Waals surface area contributed by atoms with Crippen LogP contribution in [0.1, 0.15) is 30.9 Å². The number of hydrogen-bond donors (Lipinski definition) is 1. The van der Waals surface area contributed by atoms with E-state index in [1.165, 1.54) is 17.1 Å². The number of hydrogen-bond acceptors (Lipinski definition) is 9. The number of ether oxygens (including phenoxy) is 1. The highest BCUT2D eigenvalue weighted by Gasteiger charge is 2.49. The molecule has 3 aliphatic rings. The fraction of sp³-hybridized carbons (Fsp3) is 0.500. The molecule has 162 valence electrons. The van der Waals surface area contributed by atoms with Crippen LogP contribution in [-0.4, -0.2) is 84.8 Å². The van der Waals surface area contributed by atoms with Gasteiger partial charge < -0.3 is 19.6 Å². The molecule has 1 amide bonds. The standard InChI is InChI=1S/C20H23N7O4/c28-16(14-1-2-17(21-10-14)27-13-22-23-24-27)11-25-6-3-20(4-7-25)5-8-26(19(20)30)15-9-18(29)31-12-15/h1-2,9-10,13,16,28H,3-8,11-12H2/t16-/m1/s1. The van der Waals surface area contributed by atoms with Crippen LogP contribution in [0.3, 0.4) is 0 Å². The van der Waals surface area contributed by atoms with Gasteiger partial charge in [0.15, 0.2) is 5.82 Å². The van der Waals surface area contributed by atoms with E-state index in [4.69, 9.17) is 4.74 Å². The van der Waals surface area contributed by atoms with Crippen LogP contribution in [0, 0.1) is 5.41 Å². The molecule has 0 saturated carbocycles.